The number of nitrogens with one attached hydrogen (secondary N) is 1. The van der Waals surface area contributed by atoms with Gasteiger partial charge >= 0.3 is 6.03 Å². The molecule has 1 saturated heterocycles. The molecule has 0 aliphatic carbocycles. The van der Waals surface area contributed by atoms with E-state index in [1.165, 1.54) is 6.07 Å². The first-order chi connectivity index (χ1) is 13.0. The first-order valence-corrected chi connectivity index (χ1v) is 8.93. The number of benzene rings is 1. The molecule has 2 amide bonds. The first kappa shape index (κ1) is 19.2. The van der Waals surface area contributed by atoms with Gasteiger partial charge in [-0.25, -0.2) is 9.18 Å². The van der Waals surface area contributed by atoms with Crippen molar-refractivity contribution in [3.63, 3.8) is 0 Å². The summed E-state index contributed by atoms with van der Waals surface area (Å²) in [4.78, 5) is 20.3. The maximum atomic E-state index is 13.8. The van der Waals surface area contributed by atoms with Gasteiger partial charge < -0.3 is 19.5 Å². The topological polar surface area (TPSA) is 83.7 Å². The van der Waals surface area contributed by atoms with Crippen LogP contribution in [0.3, 0.4) is 0 Å². The van der Waals surface area contributed by atoms with Crippen LogP contribution in [0.5, 0.6) is 0 Å². The smallest absolute Gasteiger partial charge is 0.317 e. The minimum absolute atomic E-state index is 0.0799. The summed E-state index contributed by atoms with van der Waals surface area (Å²) in [6.45, 7) is 5.96. The third-order valence-electron chi connectivity index (χ3n) is 4.53. The van der Waals surface area contributed by atoms with Gasteiger partial charge in [0.2, 0.25) is 11.7 Å². The van der Waals surface area contributed by atoms with E-state index in [1.54, 1.807) is 30.1 Å². The number of morpholine rings is 1. The number of likely N-dealkylation sites (N-methyl/N-ethyl adjacent to an activating group) is 1. The van der Waals surface area contributed by atoms with Gasteiger partial charge in [-0.1, -0.05) is 17.3 Å². The van der Waals surface area contributed by atoms with E-state index in [1.807, 2.05) is 0 Å². The van der Waals surface area contributed by atoms with E-state index in [2.05, 4.69) is 27.3 Å². The SMILES string of the molecule is C[C@@H](CN(C)C(=O)NCc1nc(-c2ccccc2F)no1)N1CCOCC1. The van der Waals surface area contributed by atoms with E-state index in [-0.39, 0.29) is 35.9 Å². The molecule has 1 aromatic carbocycles. The Kier molecular flexibility index (Phi) is 6.36. The number of aromatic nitrogens is 2. The highest BCUT2D eigenvalue weighted by molar-refractivity contribution is 5.73. The zero-order valence-corrected chi connectivity index (χ0v) is 15.5. The number of halogens is 1. The Morgan fingerprint density at radius 1 is 1.37 bits per heavy atom. The van der Waals surface area contributed by atoms with Crippen LogP contribution >= 0.6 is 0 Å². The lowest BCUT2D eigenvalue weighted by Gasteiger charge is -2.34. The van der Waals surface area contributed by atoms with E-state index in [4.69, 9.17) is 9.26 Å². The van der Waals surface area contributed by atoms with Crippen LogP contribution in [0.1, 0.15) is 12.8 Å². The van der Waals surface area contributed by atoms with E-state index in [9.17, 15) is 9.18 Å². The van der Waals surface area contributed by atoms with Crippen molar-refractivity contribution in [1.82, 2.24) is 25.3 Å². The second-order valence-corrected chi connectivity index (χ2v) is 6.53. The zero-order valence-electron chi connectivity index (χ0n) is 15.5. The molecule has 2 aromatic rings. The minimum atomic E-state index is -0.425. The highest BCUT2D eigenvalue weighted by Gasteiger charge is 2.20. The number of carbonyl (C=O) groups excluding carboxylic acids is 1. The quantitative estimate of drug-likeness (QED) is 0.826. The molecule has 1 atom stereocenters. The predicted octanol–water partition coefficient (Wildman–Crippen LogP) is 1.74. The third-order valence-corrected chi connectivity index (χ3v) is 4.53. The number of ether oxygens (including phenoxy) is 1. The lowest BCUT2D eigenvalue weighted by molar-refractivity contribution is 0.0161. The van der Waals surface area contributed by atoms with Crippen molar-refractivity contribution in [2.45, 2.75) is 19.5 Å². The standard InChI is InChI=1S/C18H24FN5O3/c1-13(24-7-9-26-10-8-24)12-23(2)18(25)20-11-16-21-17(22-27-16)14-5-3-4-6-15(14)19/h3-6,13H,7-12H2,1-2H3,(H,20,25)/t13-/m0/s1. The Bertz CT molecular complexity index is 763. The molecule has 0 saturated carbocycles. The summed E-state index contributed by atoms with van der Waals surface area (Å²) in [7, 11) is 1.74. The summed E-state index contributed by atoms with van der Waals surface area (Å²) in [5, 5.41) is 6.51. The molecular weight excluding hydrogens is 353 g/mol. The zero-order chi connectivity index (χ0) is 19.2. The Morgan fingerprint density at radius 3 is 2.85 bits per heavy atom. The molecule has 9 heteroatoms. The van der Waals surface area contributed by atoms with Gasteiger partial charge in [0.25, 0.3) is 0 Å². The fourth-order valence-corrected chi connectivity index (χ4v) is 2.98. The number of nitrogens with zero attached hydrogens (tertiary/aromatic N) is 4. The lowest BCUT2D eigenvalue weighted by atomic mass is 10.2. The highest BCUT2D eigenvalue weighted by atomic mass is 19.1. The molecule has 1 aliphatic heterocycles. The maximum absolute atomic E-state index is 13.8. The Morgan fingerprint density at radius 2 is 2.11 bits per heavy atom. The van der Waals surface area contributed by atoms with Gasteiger partial charge in [0.15, 0.2) is 0 Å². The Hall–Kier alpha value is -2.52. The summed E-state index contributed by atoms with van der Waals surface area (Å²) in [5.41, 5.74) is 0.260. The number of hydrogen-bond acceptors (Lipinski definition) is 6. The van der Waals surface area contributed by atoms with Crippen molar-refractivity contribution in [3.05, 3.63) is 36.0 Å². The van der Waals surface area contributed by atoms with Gasteiger partial charge in [0, 0.05) is 32.7 Å². The van der Waals surface area contributed by atoms with Crippen LogP contribution < -0.4 is 5.32 Å². The molecule has 0 unspecified atom stereocenters. The number of hydrogen-bond donors (Lipinski definition) is 1. The third kappa shape index (κ3) is 5.01. The average molecular weight is 377 g/mol. The molecule has 0 bridgehead atoms. The second kappa shape index (κ2) is 8.92. The number of rotatable bonds is 6. The first-order valence-electron chi connectivity index (χ1n) is 8.93. The summed E-state index contributed by atoms with van der Waals surface area (Å²) < 4.78 is 24.2. The van der Waals surface area contributed by atoms with Crippen molar-refractivity contribution in [2.24, 2.45) is 0 Å². The molecule has 1 fully saturated rings. The molecular formula is C18H24FN5O3. The molecule has 1 N–H and O–H groups in total. The van der Waals surface area contributed by atoms with E-state index in [0.29, 0.717) is 6.54 Å². The average Bonchev–Trinajstić information content (AvgIpc) is 3.15. The van der Waals surface area contributed by atoms with E-state index >= 15 is 0 Å². The van der Waals surface area contributed by atoms with Crippen molar-refractivity contribution in [3.8, 4) is 11.4 Å². The van der Waals surface area contributed by atoms with Gasteiger partial charge in [0.05, 0.1) is 25.3 Å². The molecule has 2 heterocycles. The minimum Gasteiger partial charge on any atom is -0.379 e. The van der Waals surface area contributed by atoms with E-state index in [0.717, 1.165) is 26.3 Å². The van der Waals surface area contributed by atoms with E-state index < -0.39 is 5.82 Å². The van der Waals surface area contributed by atoms with Crippen molar-refractivity contribution >= 4 is 6.03 Å². The summed E-state index contributed by atoms with van der Waals surface area (Å²) >= 11 is 0. The molecule has 0 radical (unpaired) electrons. The van der Waals surface area contributed by atoms with Gasteiger partial charge in [-0.3, -0.25) is 4.90 Å². The highest BCUT2D eigenvalue weighted by Crippen LogP contribution is 2.19. The predicted molar refractivity (Wildman–Crippen MR) is 96.4 cm³/mol. The Labute approximate surface area is 157 Å². The molecule has 1 aromatic heterocycles. The molecule has 8 nitrogen and oxygen atoms in total. The van der Waals surface area contributed by atoms with Gasteiger partial charge in [-0.05, 0) is 19.1 Å². The van der Waals surface area contributed by atoms with Gasteiger partial charge in [0.1, 0.15) is 5.82 Å². The lowest BCUT2D eigenvalue weighted by Crippen LogP contribution is -2.49. The molecule has 146 valence electrons. The normalized spacial score (nSPS) is 16.1. The Balaban J connectivity index is 1.49. The number of amides is 2. The number of carbonyl (C=O) groups is 1. The van der Waals surface area contributed by atoms with Crippen LogP contribution in [0.15, 0.2) is 28.8 Å². The second-order valence-electron chi connectivity index (χ2n) is 6.53. The van der Waals surface area contributed by atoms with Gasteiger partial charge in [-0.2, -0.15) is 4.98 Å². The molecule has 27 heavy (non-hydrogen) atoms. The molecule has 3 rings (SSSR count). The monoisotopic (exact) mass is 377 g/mol. The van der Waals surface area contributed by atoms with Crippen molar-refractivity contribution < 1.29 is 18.4 Å². The van der Waals surface area contributed by atoms with Crippen LogP contribution in [-0.2, 0) is 11.3 Å². The molecule has 1 aliphatic rings. The van der Waals surface area contributed by atoms with Crippen LogP contribution in [0.4, 0.5) is 9.18 Å². The van der Waals surface area contributed by atoms with Gasteiger partial charge in [-0.15, -0.1) is 0 Å². The summed E-state index contributed by atoms with van der Waals surface area (Å²) in [6, 6.07) is 6.19. The fraction of sp³-hybridized carbons (Fsp3) is 0.500. The summed E-state index contributed by atoms with van der Waals surface area (Å²) in [5.74, 6) is -0.0476. The molecule has 0 spiro atoms. The van der Waals surface area contributed by atoms with Crippen molar-refractivity contribution in [1.29, 1.82) is 0 Å². The van der Waals surface area contributed by atoms with Crippen LogP contribution in [0.2, 0.25) is 0 Å². The van der Waals surface area contributed by atoms with Crippen LogP contribution in [0.25, 0.3) is 11.4 Å². The summed E-state index contributed by atoms with van der Waals surface area (Å²) in [6.07, 6.45) is 0. The van der Waals surface area contributed by atoms with Crippen LogP contribution in [-0.4, -0.2) is 71.9 Å². The maximum Gasteiger partial charge on any atom is 0.317 e. The largest absolute Gasteiger partial charge is 0.379 e. The number of urea groups is 1. The fourth-order valence-electron chi connectivity index (χ4n) is 2.98. The van der Waals surface area contributed by atoms with Crippen molar-refractivity contribution in [2.75, 3.05) is 39.9 Å². The van der Waals surface area contributed by atoms with Crippen LogP contribution in [0, 0.1) is 5.82 Å².